The van der Waals surface area contributed by atoms with Gasteiger partial charge in [-0.3, -0.25) is 10.1 Å². The first-order chi connectivity index (χ1) is 9.49. The van der Waals surface area contributed by atoms with Gasteiger partial charge in [0.1, 0.15) is 17.7 Å². The Morgan fingerprint density at radius 3 is 2.85 bits per heavy atom. The Morgan fingerprint density at radius 2 is 2.25 bits per heavy atom. The number of carbonyl (C=O) groups is 1. The molecule has 0 saturated heterocycles. The van der Waals surface area contributed by atoms with Crippen LogP contribution in [0.3, 0.4) is 0 Å². The van der Waals surface area contributed by atoms with E-state index in [0.717, 1.165) is 18.4 Å². The van der Waals surface area contributed by atoms with Gasteiger partial charge >= 0.3 is 5.97 Å². The van der Waals surface area contributed by atoms with Gasteiger partial charge in [-0.15, -0.1) is 0 Å². The number of hydrogen-bond acceptors (Lipinski definition) is 5. The zero-order valence-electron chi connectivity index (χ0n) is 10.00. The molecule has 2 N–H and O–H groups in total. The number of nitro benzene ring substituents is 1. The van der Waals surface area contributed by atoms with Crippen molar-refractivity contribution in [2.24, 2.45) is 0 Å². The predicted octanol–water partition coefficient (Wildman–Crippen LogP) is 2.64. The van der Waals surface area contributed by atoms with E-state index in [9.17, 15) is 19.3 Å². The molecule has 0 radical (unpaired) electrons. The van der Waals surface area contributed by atoms with Crippen molar-refractivity contribution in [3.05, 3.63) is 57.8 Å². The molecule has 104 valence electrons. The SMILES string of the molecule is O=C(O)c1coc(CNc2c(F)cccc2[N+](=O)[O-])c1. The van der Waals surface area contributed by atoms with Gasteiger partial charge in [-0.05, 0) is 12.1 Å². The Bertz CT molecular complexity index is 668. The molecule has 8 heteroatoms. The van der Waals surface area contributed by atoms with Crippen LogP contribution in [0.25, 0.3) is 0 Å². The third-order valence-corrected chi connectivity index (χ3v) is 2.53. The molecule has 0 unspecified atom stereocenters. The van der Waals surface area contributed by atoms with Gasteiger partial charge in [0.2, 0.25) is 0 Å². The summed E-state index contributed by atoms with van der Waals surface area (Å²) in [6, 6.07) is 4.73. The van der Waals surface area contributed by atoms with Gasteiger partial charge in [0.05, 0.1) is 17.0 Å². The molecular weight excluding hydrogens is 271 g/mol. The van der Waals surface area contributed by atoms with Gasteiger partial charge in [0.15, 0.2) is 5.82 Å². The Morgan fingerprint density at radius 1 is 1.50 bits per heavy atom. The van der Waals surface area contributed by atoms with E-state index < -0.39 is 22.4 Å². The van der Waals surface area contributed by atoms with Crippen molar-refractivity contribution in [1.82, 2.24) is 0 Å². The fourth-order valence-corrected chi connectivity index (χ4v) is 1.60. The number of nitrogens with zero attached hydrogens (tertiary/aromatic N) is 1. The first-order valence-electron chi connectivity index (χ1n) is 5.46. The van der Waals surface area contributed by atoms with E-state index in [-0.39, 0.29) is 23.6 Å². The van der Waals surface area contributed by atoms with E-state index in [1.807, 2.05) is 0 Å². The van der Waals surface area contributed by atoms with E-state index >= 15 is 0 Å². The zero-order valence-corrected chi connectivity index (χ0v) is 10.00. The Balaban J connectivity index is 2.18. The van der Waals surface area contributed by atoms with Crippen LogP contribution in [-0.2, 0) is 6.54 Å². The summed E-state index contributed by atoms with van der Waals surface area (Å²) in [5.74, 6) is -1.71. The second-order valence-electron chi connectivity index (χ2n) is 3.85. The maximum Gasteiger partial charge on any atom is 0.338 e. The molecule has 1 aromatic heterocycles. The fraction of sp³-hybridized carbons (Fsp3) is 0.0833. The number of furan rings is 1. The second kappa shape index (κ2) is 5.39. The maximum absolute atomic E-state index is 13.6. The number of benzene rings is 1. The summed E-state index contributed by atoms with van der Waals surface area (Å²) in [7, 11) is 0. The van der Waals surface area contributed by atoms with Crippen molar-refractivity contribution in [2.45, 2.75) is 6.54 Å². The van der Waals surface area contributed by atoms with E-state index in [1.54, 1.807) is 0 Å². The molecule has 0 bridgehead atoms. The van der Waals surface area contributed by atoms with Crippen molar-refractivity contribution in [3.8, 4) is 0 Å². The third-order valence-electron chi connectivity index (χ3n) is 2.53. The highest BCUT2D eigenvalue weighted by Crippen LogP contribution is 2.27. The van der Waals surface area contributed by atoms with Crippen LogP contribution in [-0.4, -0.2) is 16.0 Å². The molecule has 0 amide bonds. The van der Waals surface area contributed by atoms with Crippen LogP contribution < -0.4 is 5.32 Å². The molecule has 0 aliphatic rings. The lowest BCUT2D eigenvalue weighted by Gasteiger charge is -2.06. The summed E-state index contributed by atoms with van der Waals surface area (Å²) in [4.78, 5) is 20.7. The molecule has 0 atom stereocenters. The van der Waals surface area contributed by atoms with Gasteiger partial charge in [-0.2, -0.15) is 0 Å². The van der Waals surface area contributed by atoms with Gasteiger partial charge in [0, 0.05) is 6.07 Å². The number of hydrogen-bond donors (Lipinski definition) is 2. The maximum atomic E-state index is 13.6. The van der Waals surface area contributed by atoms with Crippen LogP contribution in [0.2, 0.25) is 0 Å². The lowest BCUT2D eigenvalue weighted by atomic mass is 10.2. The molecule has 1 aromatic carbocycles. The first-order valence-corrected chi connectivity index (χ1v) is 5.46. The molecule has 0 aliphatic carbocycles. The molecule has 0 spiro atoms. The number of nitrogens with one attached hydrogen (secondary N) is 1. The van der Waals surface area contributed by atoms with Crippen molar-refractivity contribution in [3.63, 3.8) is 0 Å². The molecular formula is C12H9FN2O5. The second-order valence-corrected chi connectivity index (χ2v) is 3.85. The normalized spacial score (nSPS) is 10.2. The van der Waals surface area contributed by atoms with Gasteiger partial charge in [-0.1, -0.05) is 6.07 Å². The number of halogens is 1. The summed E-state index contributed by atoms with van der Waals surface area (Å²) < 4.78 is 18.5. The smallest absolute Gasteiger partial charge is 0.338 e. The minimum Gasteiger partial charge on any atom is -0.478 e. The number of para-hydroxylation sites is 1. The van der Waals surface area contributed by atoms with Gasteiger partial charge < -0.3 is 14.8 Å². The summed E-state index contributed by atoms with van der Waals surface area (Å²) in [6.45, 7) is -0.0744. The molecule has 2 aromatic rings. The Hall–Kier alpha value is -2.90. The van der Waals surface area contributed by atoms with Crippen LogP contribution in [0.1, 0.15) is 16.1 Å². The van der Waals surface area contributed by atoms with E-state index in [2.05, 4.69) is 5.32 Å². The van der Waals surface area contributed by atoms with E-state index in [0.29, 0.717) is 0 Å². The first kappa shape index (κ1) is 13.5. The summed E-state index contributed by atoms with van der Waals surface area (Å²) in [5.41, 5.74) is -0.731. The van der Waals surface area contributed by atoms with Crippen molar-refractivity contribution in [1.29, 1.82) is 0 Å². The highest BCUT2D eigenvalue weighted by atomic mass is 19.1. The quantitative estimate of drug-likeness (QED) is 0.644. The fourth-order valence-electron chi connectivity index (χ4n) is 1.60. The number of carboxylic acids is 1. The molecule has 0 saturated carbocycles. The lowest BCUT2D eigenvalue weighted by Crippen LogP contribution is -2.04. The van der Waals surface area contributed by atoms with Gasteiger partial charge in [-0.25, -0.2) is 9.18 Å². The summed E-state index contributed by atoms with van der Waals surface area (Å²) in [5, 5.41) is 22.0. The average Bonchev–Trinajstić information content (AvgIpc) is 2.86. The topological polar surface area (TPSA) is 106 Å². The summed E-state index contributed by atoms with van der Waals surface area (Å²) in [6.07, 6.45) is 1.04. The minimum absolute atomic E-state index is 0.0511. The number of aromatic carboxylic acids is 1. The molecule has 20 heavy (non-hydrogen) atoms. The Labute approximate surface area is 111 Å². The van der Waals surface area contributed by atoms with Crippen molar-refractivity contribution >= 4 is 17.3 Å². The van der Waals surface area contributed by atoms with Gasteiger partial charge in [0.25, 0.3) is 5.69 Å². The van der Waals surface area contributed by atoms with Crippen LogP contribution in [0.5, 0.6) is 0 Å². The highest BCUT2D eigenvalue weighted by Gasteiger charge is 2.18. The highest BCUT2D eigenvalue weighted by molar-refractivity contribution is 5.87. The zero-order chi connectivity index (χ0) is 14.7. The van der Waals surface area contributed by atoms with Crippen LogP contribution in [0.15, 0.2) is 34.9 Å². The standard InChI is InChI=1S/C12H9FN2O5/c13-9-2-1-3-10(15(18)19)11(9)14-5-8-4-7(6-20-8)12(16)17/h1-4,6,14H,5H2,(H,16,17). The van der Waals surface area contributed by atoms with Crippen LogP contribution >= 0.6 is 0 Å². The number of rotatable bonds is 5. The van der Waals surface area contributed by atoms with Crippen LogP contribution in [0.4, 0.5) is 15.8 Å². The number of anilines is 1. The average molecular weight is 280 g/mol. The summed E-state index contributed by atoms with van der Waals surface area (Å²) >= 11 is 0. The molecule has 0 fully saturated rings. The third kappa shape index (κ3) is 2.74. The minimum atomic E-state index is -1.16. The largest absolute Gasteiger partial charge is 0.478 e. The van der Waals surface area contributed by atoms with E-state index in [1.165, 1.54) is 12.1 Å². The predicted molar refractivity (Wildman–Crippen MR) is 66.0 cm³/mol. The monoisotopic (exact) mass is 280 g/mol. The van der Waals surface area contributed by atoms with Crippen molar-refractivity contribution in [2.75, 3.05) is 5.32 Å². The van der Waals surface area contributed by atoms with Crippen LogP contribution in [0, 0.1) is 15.9 Å². The molecule has 2 rings (SSSR count). The Kier molecular flexibility index (Phi) is 3.65. The van der Waals surface area contributed by atoms with E-state index in [4.69, 9.17) is 9.52 Å². The molecule has 1 heterocycles. The molecule has 0 aliphatic heterocycles. The molecule has 7 nitrogen and oxygen atoms in total. The number of nitro groups is 1. The van der Waals surface area contributed by atoms with Crippen molar-refractivity contribution < 1.29 is 23.6 Å². The number of carboxylic acid groups (broad SMARTS) is 1. The lowest BCUT2D eigenvalue weighted by molar-refractivity contribution is -0.384.